The van der Waals surface area contributed by atoms with Crippen LogP contribution in [0.25, 0.3) is 0 Å². The van der Waals surface area contributed by atoms with Gasteiger partial charge in [-0.1, -0.05) is 29.8 Å². The first kappa shape index (κ1) is 22.7. The first-order valence-corrected chi connectivity index (χ1v) is 11.9. The number of carbonyl (C=O) groups is 2. The topological polar surface area (TPSA) is 49.9 Å². The summed E-state index contributed by atoms with van der Waals surface area (Å²) >= 11 is 6.01. The highest BCUT2D eigenvalue weighted by Gasteiger charge is 2.41. The summed E-state index contributed by atoms with van der Waals surface area (Å²) in [6, 6.07) is 16.7. The van der Waals surface area contributed by atoms with Gasteiger partial charge in [-0.25, -0.2) is 0 Å². The fraction of sp³-hybridized carbons (Fsp3) is 0.462. The molecule has 2 heterocycles. The number of piperidine rings is 2. The molecule has 2 saturated heterocycles. The maximum atomic E-state index is 13.2. The fourth-order valence-corrected chi connectivity index (χ4v) is 4.93. The van der Waals surface area contributed by atoms with Crippen molar-refractivity contribution in [2.45, 2.75) is 38.5 Å². The van der Waals surface area contributed by atoms with Crippen molar-refractivity contribution in [1.29, 1.82) is 0 Å². The van der Waals surface area contributed by atoms with E-state index in [1.807, 2.05) is 52.3 Å². The van der Waals surface area contributed by atoms with E-state index in [0.29, 0.717) is 36.7 Å². The van der Waals surface area contributed by atoms with Crippen LogP contribution in [-0.4, -0.2) is 54.4 Å². The van der Waals surface area contributed by atoms with E-state index < -0.39 is 5.41 Å². The van der Waals surface area contributed by atoms with E-state index in [9.17, 15) is 9.59 Å². The SMILES string of the molecule is O=C(C[C@]1(COc2ccc(Cl)cc2)CCCN(C(=O)c2ccccc2)C1)N1CCCCC1. The highest BCUT2D eigenvalue weighted by atomic mass is 35.5. The largest absolute Gasteiger partial charge is 0.493 e. The molecule has 6 heteroatoms. The zero-order valence-corrected chi connectivity index (χ0v) is 19.2. The number of halogens is 1. The molecular formula is C26H31ClN2O3. The summed E-state index contributed by atoms with van der Waals surface area (Å²) in [7, 11) is 0. The zero-order valence-electron chi connectivity index (χ0n) is 18.5. The van der Waals surface area contributed by atoms with Gasteiger partial charge in [0.2, 0.25) is 5.91 Å². The lowest BCUT2D eigenvalue weighted by Gasteiger charge is -2.43. The number of benzene rings is 2. The summed E-state index contributed by atoms with van der Waals surface area (Å²) in [6.45, 7) is 3.29. The summed E-state index contributed by atoms with van der Waals surface area (Å²) in [6.07, 6.45) is 5.44. The standard InChI is InChI=1S/C26H31ClN2O3/c27-22-10-12-23(13-11-22)32-20-26(18-24(30)28-15-5-2-6-16-28)14-7-17-29(19-26)25(31)21-8-3-1-4-9-21/h1,3-4,8-13H,2,5-7,14-20H2/t26-/m1/s1. The number of ether oxygens (including phenoxy) is 1. The summed E-state index contributed by atoms with van der Waals surface area (Å²) < 4.78 is 6.16. The predicted molar refractivity (Wildman–Crippen MR) is 126 cm³/mol. The Morgan fingerprint density at radius 1 is 0.875 bits per heavy atom. The van der Waals surface area contributed by atoms with Gasteiger partial charge in [0.15, 0.2) is 0 Å². The first-order valence-electron chi connectivity index (χ1n) is 11.6. The minimum Gasteiger partial charge on any atom is -0.493 e. The third-order valence-electron chi connectivity index (χ3n) is 6.56. The monoisotopic (exact) mass is 454 g/mol. The number of hydrogen-bond acceptors (Lipinski definition) is 3. The smallest absolute Gasteiger partial charge is 0.253 e. The van der Waals surface area contributed by atoms with Gasteiger partial charge in [-0.2, -0.15) is 0 Å². The molecule has 2 amide bonds. The summed E-state index contributed by atoms with van der Waals surface area (Å²) in [5.41, 5.74) is 0.279. The Morgan fingerprint density at radius 2 is 1.56 bits per heavy atom. The lowest BCUT2D eigenvalue weighted by Crippen LogP contribution is -2.51. The van der Waals surface area contributed by atoms with Gasteiger partial charge in [-0.3, -0.25) is 9.59 Å². The molecule has 0 saturated carbocycles. The molecule has 1 atom stereocenters. The van der Waals surface area contributed by atoms with Gasteiger partial charge in [0.25, 0.3) is 5.91 Å². The van der Waals surface area contributed by atoms with Crippen LogP contribution in [0.1, 0.15) is 48.9 Å². The molecule has 2 aliphatic heterocycles. The Bertz CT molecular complexity index is 912. The lowest BCUT2D eigenvalue weighted by molar-refractivity contribution is -0.136. The fourth-order valence-electron chi connectivity index (χ4n) is 4.80. The molecular weight excluding hydrogens is 424 g/mol. The second kappa shape index (κ2) is 10.4. The van der Waals surface area contributed by atoms with Crippen LogP contribution in [0.2, 0.25) is 5.02 Å². The van der Waals surface area contributed by atoms with Gasteiger partial charge in [0.05, 0.1) is 6.61 Å². The quantitative estimate of drug-likeness (QED) is 0.614. The van der Waals surface area contributed by atoms with Crippen LogP contribution < -0.4 is 4.74 Å². The van der Waals surface area contributed by atoms with Crippen LogP contribution in [0, 0.1) is 5.41 Å². The van der Waals surface area contributed by atoms with Crippen molar-refractivity contribution >= 4 is 23.4 Å². The van der Waals surface area contributed by atoms with E-state index in [1.165, 1.54) is 6.42 Å². The molecule has 0 radical (unpaired) electrons. The maximum Gasteiger partial charge on any atom is 0.253 e. The molecule has 170 valence electrons. The van der Waals surface area contributed by atoms with Crippen molar-refractivity contribution in [2.75, 3.05) is 32.8 Å². The summed E-state index contributed by atoms with van der Waals surface area (Å²) in [5.74, 6) is 0.927. The maximum absolute atomic E-state index is 13.2. The summed E-state index contributed by atoms with van der Waals surface area (Å²) in [5, 5.41) is 0.657. The van der Waals surface area contributed by atoms with E-state index in [-0.39, 0.29) is 11.8 Å². The lowest BCUT2D eigenvalue weighted by atomic mass is 9.77. The molecule has 0 aliphatic carbocycles. The molecule has 5 nitrogen and oxygen atoms in total. The van der Waals surface area contributed by atoms with Crippen LogP contribution in [-0.2, 0) is 4.79 Å². The van der Waals surface area contributed by atoms with Crippen LogP contribution in [0.5, 0.6) is 5.75 Å². The van der Waals surface area contributed by atoms with Crippen molar-refractivity contribution in [3.05, 3.63) is 65.2 Å². The Kier molecular flexibility index (Phi) is 7.36. The molecule has 0 bridgehead atoms. The second-order valence-electron chi connectivity index (χ2n) is 9.06. The van der Waals surface area contributed by atoms with E-state index in [2.05, 4.69) is 0 Å². The van der Waals surface area contributed by atoms with E-state index in [4.69, 9.17) is 16.3 Å². The van der Waals surface area contributed by atoms with Gasteiger partial charge in [-0.05, 0) is 68.5 Å². The second-order valence-corrected chi connectivity index (χ2v) is 9.49. The Labute approximate surface area is 195 Å². The molecule has 0 unspecified atom stereocenters. The van der Waals surface area contributed by atoms with Gasteiger partial charge in [0, 0.05) is 48.6 Å². The number of hydrogen-bond donors (Lipinski definition) is 0. The van der Waals surface area contributed by atoms with Crippen molar-refractivity contribution in [1.82, 2.24) is 9.80 Å². The molecule has 32 heavy (non-hydrogen) atoms. The van der Waals surface area contributed by atoms with Gasteiger partial charge in [-0.15, -0.1) is 0 Å². The molecule has 4 rings (SSSR count). The van der Waals surface area contributed by atoms with E-state index in [1.54, 1.807) is 12.1 Å². The predicted octanol–water partition coefficient (Wildman–Crippen LogP) is 5.04. The molecule has 0 N–H and O–H groups in total. The van der Waals surface area contributed by atoms with E-state index in [0.717, 1.165) is 44.5 Å². The van der Waals surface area contributed by atoms with Crippen molar-refractivity contribution in [2.24, 2.45) is 5.41 Å². The molecule has 2 aromatic rings. The third kappa shape index (κ3) is 5.63. The van der Waals surface area contributed by atoms with Crippen molar-refractivity contribution in [3.63, 3.8) is 0 Å². The van der Waals surface area contributed by atoms with Crippen molar-refractivity contribution in [3.8, 4) is 5.75 Å². The molecule has 0 aromatic heterocycles. The highest BCUT2D eigenvalue weighted by molar-refractivity contribution is 6.30. The van der Waals surface area contributed by atoms with Crippen molar-refractivity contribution < 1.29 is 14.3 Å². The van der Waals surface area contributed by atoms with Crippen LogP contribution in [0.3, 0.4) is 0 Å². The molecule has 0 spiro atoms. The van der Waals surface area contributed by atoms with Crippen LogP contribution in [0.15, 0.2) is 54.6 Å². The average Bonchev–Trinajstić information content (AvgIpc) is 2.84. The van der Waals surface area contributed by atoms with E-state index >= 15 is 0 Å². The molecule has 2 fully saturated rings. The summed E-state index contributed by atoms with van der Waals surface area (Å²) in [4.78, 5) is 30.3. The highest BCUT2D eigenvalue weighted by Crippen LogP contribution is 2.36. The number of amides is 2. The van der Waals surface area contributed by atoms with Gasteiger partial charge < -0.3 is 14.5 Å². The van der Waals surface area contributed by atoms with Gasteiger partial charge >= 0.3 is 0 Å². The number of nitrogens with zero attached hydrogens (tertiary/aromatic N) is 2. The minimum absolute atomic E-state index is 0.0200. The van der Waals surface area contributed by atoms with Crippen LogP contribution >= 0.6 is 11.6 Å². The third-order valence-corrected chi connectivity index (χ3v) is 6.81. The Balaban J connectivity index is 1.52. The average molecular weight is 455 g/mol. The molecule has 2 aliphatic rings. The normalized spacial score (nSPS) is 21.3. The molecule has 2 aromatic carbocycles. The Hall–Kier alpha value is -2.53. The minimum atomic E-state index is -0.406. The number of rotatable bonds is 6. The first-order chi connectivity index (χ1) is 15.5. The zero-order chi connectivity index (χ0) is 22.4. The van der Waals surface area contributed by atoms with Gasteiger partial charge in [0.1, 0.15) is 5.75 Å². The Morgan fingerprint density at radius 3 is 2.28 bits per heavy atom. The number of carbonyl (C=O) groups excluding carboxylic acids is 2. The number of likely N-dealkylation sites (tertiary alicyclic amines) is 2. The van der Waals surface area contributed by atoms with Crippen LogP contribution in [0.4, 0.5) is 0 Å².